The summed E-state index contributed by atoms with van der Waals surface area (Å²) in [7, 11) is 0.250. The molecule has 2 fully saturated rings. The fourth-order valence-corrected chi connectivity index (χ4v) is 7.53. The van der Waals surface area contributed by atoms with E-state index >= 15 is 0 Å². The molecule has 0 saturated carbocycles. The van der Waals surface area contributed by atoms with E-state index in [4.69, 9.17) is 26.3 Å². The Hall–Kier alpha value is -3.17. The van der Waals surface area contributed by atoms with Crippen LogP contribution in [0.25, 0.3) is 0 Å². The van der Waals surface area contributed by atoms with Crippen LogP contribution in [0.2, 0.25) is 5.02 Å². The van der Waals surface area contributed by atoms with E-state index in [1.807, 2.05) is 36.4 Å². The molecule has 2 saturated heterocycles. The summed E-state index contributed by atoms with van der Waals surface area (Å²) in [6.45, 7) is 3.93. The molecule has 3 aliphatic heterocycles. The molecule has 0 unspecified atom stereocenters. The van der Waals surface area contributed by atoms with Gasteiger partial charge in [-0.15, -0.1) is 0 Å². The standard InChI is InChI=1S/C30H34ClN5O3S/c1-39-26(37)19-21-4-8-23(9-5-21)32-28-27-25(3-2-18-40(27)38)33-29(34-28)35-15-12-30(13-16-35)14-17-36(20-30)24-10-6-22(31)7-11-24/h4-11H,2-3,12-20H2,1H3,(H,32,33,34)/t40-/m1/s1. The van der Waals surface area contributed by atoms with Gasteiger partial charge in [0.1, 0.15) is 4.90 Å². The number of hydrogen-bond acceptors (Lipinski definition) is 8. The van der Waals surface area contributed by atoms with Crippen molar-refractivity contribution in [2.75, 3.05) is 54.2 Å². The van der Waals surface area contributed by atoms with E-state index in [-0.39, 0.29) is 12.4 Å². The van der Waals surface area contributed by atoms with E-state index in [1.165, 1.54) is 19.2 Å². The summed E-state index contributed by atoms with van der Waals surface area (Å²) >= 11 is 6.10. The average molecular weight is 580 g/mol. The molecular weight excluding hydrogens is 546 g/mol. The number of aryl methyl sites for hydroxylation is 1. The van der Waals surface area contributed by atoms with E-state index in [0.29, 0.717) is 22.9 Å². The summed E-state index contributed by atoms with van der Waals surface area (Å²) in [4.78, 5) is 27.0. The molecule has 1 atom stereocenters. The first-order valence-corrected chi connectivity index (χ1v) is 15.6. The zero-order valence-electron chi connectivity index (χ0n) is 22.7. The van der Waals surface area contributed by atoms with Crippen molar-refractivity contribution in [3.63, 3.8) is 0 Å². The maximum atomic E-state index is 13.0. The van der Waals surface area contributed by atoms with Gasteiger partial charge in [0.15, 0.2) is 5.82 Å². The van der Waals surface area contributed by atoms with Gasteiger partial charge in [-0.25, -0.2) is 4.98 Å². The van der Waals surface area contributed by atoms with Crippen LogP contribution in [0.4, 0.5) is 23.1 Å². The first-order chi connectivity index (χ1) is 19.4. The molecule has 8 nitrogen and oxygen atoms in total. The van der Waals surface area contributed by atoms with Crippen molar-refractivity contribution in [3.05, 3.63) is 64.8 Å². The van der Waals surface area contributed by atoms with Crippen molar-refractivity contribution < 1.29 is 13.7 Å². The Bertz CT molecular complexity index is 1410. The predicted molar refractivity (Wildman–Crippen MR) is 159 cm³/mol. The third-order valence-electron chi connectivity index (χ3n) is 8.42. The van der Waals surface area contributed by atoms with Gasteiger partial charge in [-0.3, -0.25) is 9.00 Å². The quantitative estimate of drug-likeness (QED) is 0.402. The first kappa shape index (κ1) is 27.0. The summed E-state index contributed by atoms with van der Waals surface area (Å²) in [6.07, 6.45) is 5.26. The summed E-state index contributed by atoms with van der Waals surface area (Å²) in [5.41, 5.74) is 4.13. The molecule has 0 amide bonds. The van der Waals surface area contributed by atoms with E-state index in [2.05, 4.69) is 27.2 Å². The van der Waals surface area contributed by atoms with Crippen LogP contribution in [-0.2, 0) is 33.2 Å². The smallest absolute Gasteiger partial charge is 0.309 e. The molecule has 0 aliphatic carbocycles. The van der Waals surface area contributed by atoms with Crippen LogP contribution in [0, 0.1) is 5.41 Å². The van der Waals surface area contributed by atoms with Gasteiger partial charge in [-0.1, -0.05) is 23.7 Å². The minimum Gasteiger partial charge on any atom is -0.469 e. The molecule has 3 aromatic rings. The number of nitrogens with zero attached hydrogens (tertiary/aromatic N) is 4. The Labute approximate surface area is 242 Å². The topological polar surface area (TPSA) is 87.7 Å². The third kappa shape index (κ3) is 5.67. The monoisotopic (exact) mass is 579 g/mol. The van der Waals surface area contributed by atoms with Gasteiger partial charge in [0.05, 0.1) is 30.0 Å². The molecule has 3 aliphatic rings. The number of carbonyl (C=O) groups excluding carboxylic acids is 1. The number of esters is 1. The number of carbonyl (C=O) groups is 1. The van der Waals surface area contributed by atoms with Crippen LogP contribution in [0.3, 0.4) is 0 Å². The van der Waals surface area contributed by atoms with E-state index in [0.717, 1.165) is 78.7 Å². The second-order valence-corrected chi connectivity index (χ2v) is 13.0. The minimum absolute atomic E-state index is 0.224. The van der Waals surface area contributed by atoms with Crippen molar-refractivity contribution >= 4 is 51.5 Å². The van der Waals surface area contributed by atoms with Crippen LogP contribution in [-0.4, -0.2) is 59.2 Å². The molecule has 2 aromatic carbocycles. The molecule has 1 spiro atoms. The molecule has 210 valence electrons. The van der Waals surface area contributed by atoms with Gasteiger partial charge in [0, 0.05) is 48.3 Å². The molecule has 1 aromatic heterocycles. The number of rotatable bonds is 6. The minimum atomic E-state index is -1.14. The Kier molecular flexibility index (Phi) is 7.68. The highest BCUT2D eigenvalue weighted by molar-refractivity contribution is 7.85. The van der Waals surface area contributed by atoms with Gasteiger partial charge in [-0.05, 0) is 79.5 Å². The number of halogens is 1. The molecule has 40 heavy (non-hydrogen) atoms. The number of anilines is 4. The first-order valence-electron chi connectivity index (χ1n) is 13.9. The highest BCUT2D eigenvalue weighted by atomic mass is 35.5. The Morgan fingerprint density at radius 2 is 1.73 bits per heavy atom. The van der Waals surface area contributed by atoms with Crippen molar-refractivity contribution in [2.45, 2.75) is 43.4 Å². The Morgan fingerprint density at radius 1 is 1.02 bits per heavy atom. The van der Waals surface area contributed by atoms with Gasteiger partial charge in [0.2, 0.25) is 5.95 Å². The Morgan fingerprint density at radius 3 is 2.42 bits per heavy atom. The van der Waals surface area contributed by atoms with Crippen LogP contribution < -0.4 is 15.1 Å². The maximum Gasteiger partial charge on any atom is 0.309 e. The average Bonchev–Trinajstić information content (AvgIpc) is 3.38. The normalized spacial score (nSPS) is 19.9. The number of fused-ring (bicyclic) bond motifs is 1. The van der Waals surface area contributed by atoms with Gasteiger partial charge >= 0.3 is 5.97 Å². The number of methoxy groups -OCH3 is 1. The van der Waals surface area contributed by atoms with Crippen molar-refractivity contribution in [2.24, 2.45) is 5.41 Å². The molecule has 0 radical (unpaired) electrons. The lowest BCUT2D eigenvalue weighted by Crippen LogP contribution is -2.42. The highest BCUT2D eigenvalue weighted by Gasteiger charge is 2.41. The molecule has 4 heterocycles. The number of benzene rings is 2. The third-order valence-corrected chi connectivity index (χ3v) is 10.2. The number of aromatic nitrogens is 2. The molecular formula is C30H34ClN5O3S. The van der Waals surface area contributed by atoms with Gasteiger partial charge in [-0.2, -0.15) is 4.98 Å². The van der Waals surface area contributed by atoms with E-state index < -0.39 is 10.8 Å². The van der Waals surface area contributed by atoms with Crippen LogP contribution in [0.1, 0.15) is 36.9 Å². The second kappa shape index (κ2) is 11.4. The van der Waals surface area contributed by atoms with Crippen LogP contribution >= 0.6 is 11.6 Å². The number of nitrogens with one attached hydrogen (secondary N) is 1. The molecule has 1 N–H and O–H groups in total. The molecule has 10 heteroatoms. The summed E-state index contributed by atoms with van der Waals surface area (Å²) in [5.74, 6) is 1.68. The van der Waals surface area contributed by atoms with Crippen molar-refractivity contribution in [3.8, 4) is 0 Å². The lowest BCUT2D eigenvalue weighted by atomic mass is 9.78. The SMILES string of the molecule is COC(=O)Cc1ccc(Nc2nc(N3CCC4(CCN(c5ccc(Cl)cc5)C4)CC3)nc3c2[S@](=O)CCC3)cc1. The Balaban J connectivity index is 1.18. The van der Waals surface area contributed by atoms with Gasteiger partial charge in [0.25, 0.3) is 0 Å². The van der Waals surface area contributed by atoms with E-state index in [9.17, 15) is 9.00 Å². The van der Waals surface area contributed by atoms with Crippen molar-refractivity contribution in [1.29, 1.82) is 0 Å². The largest absolute Gasteiger partial charge is 0.469 e. The van der Waals surface area contributed by atoms with E-state index in [1.54, 1.807) is 0 Å². The van der Waals surface area contributed by atoms with Crippen LogP contribution in [0.5, 0.6) is 0 Å². The predicted octanol–water partition coefficient (Wildman–Crippen LogP) is 5.14. The molecule has 0 bridgehead atoms. The fourth-order valence-electron chi connectivity index (χ4n) is 6.07. The van der Waals surface area contributed by atoms with Gasteiger partial charge < -0.3 is 19.9 Å². The second-order valence-electron chi connectivity index (χ2n) is 11.0. The number of ether oxygens (including phenoxy) is 1. The molecule has 6 rings (SSSR count). The summed E-state index contributed by atoms with van der Waals surface area (Å²) in [5, 5.41) is 4.18. The summed E-state index contributed by atoms with van der Waals surface area (Å²) < 4.78 is 17.8. The fraction of sp³-hybridized carbons (Fsp3) is 0.433. The lowest BCUT2D eigenvalue weighted by molar-refractivity contribution is -0.139. The maximum absolute atomic E-state index is 13.0. The zero-order valence-corrected chi connectivity index (χ0v) is 24.3. The zero-order chi connectivity index (χ0) is 27.7. The lowest BCUT2D eigenvalue weighted by Gasteiger charge is -2.39. The van der Waals surface area contributed by atoms with Crippen molar-refractivity contribution in [1.82, 2.24) is 9.97 Å². The number of hydrogen-bond donors (Lipinski definition) is 1. The summed E-state index contributed by atoms with van der Waals surface area (Å²) in [6, 6.07) is 15.8. The number of piperidine rings is 1. The van der Waals surface area contributed by atoms with Crippen LogP contribution in [0.15, 0.2) is 53.4 Å². The highest BCUT2D eigenvalue weighted by Crippen LogP contribution is 2.43.